The molecule has 6 aromatic carbocycles. The van der Waals surface area contributed by atoms with E-state index in [1.165, 1.54) is 0 Å². The minimum atomic E-state index is -3.15. The molecule has 0 heterocycles. The molecule has 6 rings (SSSR count). The Kier molecular flexibility index (Phi) is 8.66. The summed E-state index contributed by atoms with van der Waals surface area (Å²) in [6.07, 6.45) is 0. The molecule has 2 N–H and O–H groups in total. The zero-order chi connectivity index (χ0) is 31.2. The van der Waals surface area contributed by atoms with Crippen LogP contribution in [0.5, 0.6) is 0 Å². The molecule has 2 radical (unpaired) electrons. The molecule has 218 valence electrons. The van der Waals surface area contributed by atoms with Crippen LogP contribution in [0.1, 0.15) is 20.7 Å². The number of carboxylic acid groups (broad SMARTS) is 2. The standard InChI is InChI=1S/C38H28O5Si2/c39-37(40)35-17-9-7-15-33(35)27-19-23-31(24-20-27)45(30-13-5-2-6-14-30,43-44-29-11-3-1-4-12-29)32-25-21-28(22-26-32)34-16-8-10-18-36(34)38(41)42/h1-26H,(H,39,40)(H,41,42). The number of carbonyl (C=O) groups is 2. The second-order valence-electron chi connectivity index (χ2n) is 10.5. The predicted molar refractivity (Wildman–Crippen MR) is 182 cm³/mol. The summed E-state index contributed by atoms with van der Waals surface area (Å²) < 4.78 is 7.17. The molecular weight excluding hydrogens is 593 g/mol. The van der Waals surface area contributed by atoms with Crippen molar-refractivity contribution in [3.63, 3.8) is 0 Å². The van der Waals surface area contributed by atoms with Crippen molar-refractivity contribution in [1.82, 2.24) is 0 Å². The van der Waals surface area contributed by atoms with Gasteiger partial charge in [-0.05, 0) is 55.1 Å². The lowest BCUT2D eigenvalue weighted by Gasteiger charge is -2.33. The first-order chi connectivity index (χ1) is 22.0. The molecule has 0 bridgehead atoms. The quantitative estimate of drug-likeness (QED) is 0.160. The Labute approximate surface area is 265 Å². The van der Waals surface area contributed by atoms with Crippen molar-refractivity contribution in [2.75, 3.05) is 0 Å². The van der Waals surface area contributed by atoms with Crippen LogP contribution in [0.25, 0.3) is 22.3 Å². The molecule has 0 fully saturated rings. The third-order valence-electron chi connectivity index (χ3n) is 7.80. The van der Waals surface area contributed by atoms with Crippen molar-refractivity contribution < 1.29 is 23.9 Å². The normalized spacial score (nSPS) is 11.2. The first-order valence-corrected chi connectivity index (χ1v) is 17.2. The van der Waals surface area contributed by atoms with E-state index in [4.69, 9.17) is 4.12 Å². The number of benzene rings is 6. The smallest absolute Gasteiger partial charge is 0.336 e. The van der Waals surface area contributed by atoms with Crippen LogP contribution >= 0.6 is 0 Å². The van der Waals surface area contributed by atoms with Crippen molar-refractivity contribution in [1.29, 1.82) is 0 Å². The van der Waals surface area contributed by atoms with Crippen LogP contribution in [0, 0.1) is 0 Å². The second-order valence-corrected chi connectivity index (χ2v) is 15.2. The van der Waals surface area contributed by atoms with E-state index in [1.807, 2.05) is 84.9 Å². The summed E-state index contributed by atoms with van der Waals surface area (Å²) in [6, 6.07) is 50.4. The van der Waals surface area contributed by atoms with Gasteiger partial charge in [0.25, 0.3) is 18.1 Å². The molecule has 0 aliphatic rings. The molecule has 7 heteroatoms. The van der Waals surface area contributed by atoms with Crippen molar-refractivity contribution in [3.8, 4) is 22.3 Å². The summed E-state index contributed by atoms with van der Waals surface area (Å²) in [5.74, 6) is -1.95. The number of carboxylic acids is 2. The summed E-state index contributed by atoms with van der Waals surface area (Å²) >= 11 is 0. The molecular formula is C38H28O5Si2. The third kappa shape index (κ3) is 6.05. The lowest BCUT2D eigenvalue weighted by molar-refractivity contribution is 0.0687. The zero-order valence-electron chi connectivity index (χ0n) is 24.1. The Morgan fingerprint density at radius 3 is 1.29 bits per heavy atom. The molecule has 0 saturated carbocycles. The lowest BCUT2D eigenvalue weighted by Crippen LogP contribution is -2.70. The molecule has 5 nitrogen and oxygen atoms in total. The third-order valence-corrected chi connectivity index (χ3v) is 13.4. The number of hydrogen-bond acceptors (Lipinski definition) is 3. The Bertz CT molecular complexity index is 1840. The minimum Gasteiger partial charge on any atom is -0.478 e. The van der Waals surface area contributed by atoms with Crippen molar-refractivity contribution in [2.24, 2.45) is 0 Å². The van der Waals surface area contributed by atoms with Gasteiger partial charge in [0.2, 0.25) is 0 Å². The van der Waals surface area contributed by atoms with E-state index in [-0.39, 0.29) is 20.9 Å². The van der Waals surface area contributed by atoms with Crippen molar-refractivity contribution >= 4 is 50.8 Å². The topological polar surface area (TPSA) is 83.8 Å². The maximum atomic E-state index is 12.0. The van der Waals surface area contributed by atoms with Gasteiger partial charge in [0.05, 0.1) is 11.1 Å². The fourth-order valence-corrected chi connectivity index (χ4v) is 11.4. The number of rotatable bonds is 10. The van der Waals surface area contributed by atoms with E-state index in [0.717, 1.165) is 31.9 Å². The fourth-order valence-electron chi connectivity index (χ4n) is 5.60. The Morgan fingerprint density at radius 1 is 0.467 bits per heavy atom. The summed E-state index contributed by atoms with van der Waals surface area (Å²) in [5.41, 5.74) is 3.40. The van der Waals surface area contributed by atoms with Crippen LogP contribution < -0.4 is 20.7 Å². The number of hydrogen-bond donors (Lipinski definition) is 2. The van der Waals surface area contributed by atoms with Gasteiger partial charge >= 0.3 is 11.9 Å². The van der Waals surface area contributed by atoms with Gasteiger partial charge in [-0.25, -0.2) is 9.59 Å². The van der Waals surface area contributed by atoms with Crippen LogP contribution in [0.2, 0.25) is 0 Å². The van der Waals surface area contributed by atoms with Gasteiger partial charge < -0.3 is 14.3 Å². The SMILES string of the molecule is O=C(O)c1ccccc1-c1ccc([Si](O[Si]c2ccccc2)(c2ccccc2)c2ccc(-c3ccccc3C(=O)O)cc2)cc1. The van der Waals surface area contributed by atoms with Crippen LogP contribution in [0.4, 0.5) is 0 Å². The Morgan fingerprint density at radius 2 is 0.844 bits per heavy atom. The van der Waals surface area contributed by atoms with E-state index < -0.39 is 20.3 Å². The highest BCUT2D eigenvalue weighted by molar-refractivity contribution is 7.09. The molecule has 0 unspecified atom stereocenters. The van der Waals surface area contributed by atoms with Gasteiger partial charge in [-0.2, -0.15) is 0 Å². The monoisotopic (exact) mass is 620 g/mol. The average Bonchev–Trinajstić information content (AvgIpc) is 3.10. The van der Waals surface area contributed by atoms with Crippen LogP contribution in [-0.4, -0.2) is 40.2 Å². The lowest BCUT2D eigenvalue weighted by atomic mass is 10.00. The average molecular weight is 621 g/mol. The largest absolute Gasteiger partial charge is 0.478 e. The summed E-state index contributed by atoms with van der Waals surface area (Å²) in [7, 11) is -3.08. The molecule has 0 amide bonds. The first kappa shape index (κ1) is 29.7. The van der Waals surface area contributed by atoms with Crippen molar-refractivity contribution in [2.45, 2.75) is 0 Å². The zero-order valence-corrected chi connectivity index (χ0v) is 26.1. The van der Waals surface area contributed by atoms with E-state index in [0.29, 0.717) is 11.1 Å². The van der Waals surface area contributed by atoms with Crippen LogP contribution in [0.3, 0.4) is 0 Å². The minimum absolute atomic E-state index is 0.0681. The van der Waals surface area contributed by atoms with Gasteiger partial charge in [-0.15, -0.1) is 0 Å². The first-order valence-electron chi connectivity index (χ1n) is 14.4. The maximum Gasteiger partial charge on any atom is 0.336 e. The van der Waals surface area contributed by atoms with Crippen LogP contribution in [-0.2, 0) is 4.12 Å². The highest BCUT2D eigenvalue weighted by Crippen LogP contribution is 2.26. The van der Waals surface area contributed by atoms with Gasteiger partial charge in [0.1, 0.15) is 0 Å². The van der Waals surface area contributed by atoms with E-state index in [2.05, 4.69) is 48.5 Å². The molecule has 6 aromatic rings. The van der Waals surface area contributed by atoms with Gasteiger partial charge in [0.15, 0.2) is 0 Å². The van der Waals surface area contributed by atoms with Gasteiger partial charge in [-0.3, -0.25) is 0 Å². The molecule has 45 heavy (non-hydrogen) atoms. The Balaban J connectivity index is 1.51. The molecule has 0 atom stereocenters. The molecule has 0 aliphatic carbocycles. The summed E-state index contributed by atoms with van der Waals surface area (Å²) in [5, 5.41) is 23.7. The van der Waals surface area contributed by atoms with Gasteiger partial charge in [0, 0.05) is 0 Å². The van der Waals surface area contributed by atoms with E-state index in [1.54, 1.807) is 24.3 Å². The molecule has 0 aromatic heterocycles. The predicted octanol–water partition coefficient (Wildman–Crippen LogP) is 5.35. The molecule has 0 aliphatic heterocycles. The molecule has 0 saturated heterocycles. The van der Waals surface area contributed by atoms with Gasteiger partial charge in [-0.1, -0.05) is 146 Å². The summed E-state index contributed by atoms with van der Waals surface area (Å²) in [6.45, 7) is 0. The summed E-state index contributed by atoms with van der Waals surface area (Å²) in [4.78, 5) is 23.9. The highest BCUT2D eigenvalue weighted by atomic mass is 28.4. The number of aromatic carboxylic acids is 2. The van der Waals surface area contributed by atoms with E-state index >= 15 is 0 Å². The second kappa shape index (κ2) is 13.1. The van der Waals surface area contributed by atoms with Crippen molar-refractivity contribution in [3.05, 3.63) is 169 Å². The highest BCUT2D eigenvalue weighted by Gasteiger charge is 2.42. The Hall–Kier alpha value is -5.35. The van der Waals surface area contributed by atoms with E-state index in [9.17, 15) is 19.8 Å². The molecule has 0 spiro atoms. The van der Waals surface area contributed by atoms with Crippen LogP contribution in [0.15, 0.2) is 158 Å². The maximum absolute atomic E-state index is 12.0. The fraction of sp³-hybridized carbons (Fsp3) is 0.